The summed E-state index contributed by atoms with van der Waals surface area (Å²) >= 11 is 3.46. The van der Waals surface area contributed by atoms with Crippen LogP contribution in [-0.2, 0) is 0 Å². The van der Waals surface area contributed by atoms with Gasteiger partial charge in [0.25, 0.3) is 0 Å². The minimum Gasteiger partial charge on any atom is -0.291 e. The van der Waals surface area contributed by atoms with Gasteiger partial charge in [-0.1, -0.05) is 54.6 Å². The minimum atomic E-state index is 0.835. The maximum Gasteiger partial charge on any atom is 0.154 e. The molecule has 0 amide bonds. The van der Waals surface area contributed by atoms with Crippen molar-refractivity contribution in [1.29, 1.82) is 0 Å². The fraction of sp³-hybridized carbons (Fsp3) is 0. The number of rotatable bonds is 2. The summed E-state index contributed by atoms with van der Waals surface area (Å²) in [7, 11) is 0. The van der Waals surface area contributed by atoms with Gasteiger partial charge in [-0.25, -0.2) is 4.98 Å². The van der Waals surface area contributed by atoms with Gasteiger partial charge in [-0.05, 0) is 52.3 Å². The average Bonchev–Trinajstić information content (AvgIpc) is 3.21. The Morgan fingerprint density at radius 2 is 1.47 bits per heavy atom. The Labute approximate surface area is 181 Å². The highest BCUT2D eigenvalue weighted by molar-refractivity contribution is 9.10. The molecule has 6 aromatic rings. The molecule has 0 aliphatic rings. The normalized spacial score (nSPS) is 11.2. The Balaban J connectivity index is 1.87. The first kappa shape index (κ1) is 17.2. The molecular weight excluding hydrogens is 434 g/mol. The van der Waals surface area contributed by atoms with Gasteiger partial charge in [-0.15, -0.1) is 0 Å². The molecule has 0 saturated carbocycles. The van der Waals surface area contributed by atoms with Crippen molar-refractivity contribution in [3.05, 3.63) is 102 Å². The highest BCUT2D eigenvalue weighted by atomic mass is 79.9. The highest BCUT2D eigenvalue weighted by Gasteiger charge is 2.20. The maximum absolute atomic E-state index is 5.12. The molecule has 0 radical (unpaired) electrons. The van der Waals surface area contributed by atoms with Gasteiger partial charge < -0.3 is 0 Å². The number of para-hydroxylation sites is 1. The maximum atomic E-state index is 5.12. The van der Waals surface area contributed by atoms with Crippen LogP contribution < -0.4 is 0 Å². The molecule has 4 aromatic carbocycles. The van der Waals surface area contributed by atoms with Gasteiger partial charge in [0.2, 0.25) is 0 Å². The van der Waals surface area contributed by atoms with Crippen LogP contribution in [0.1, 0.15) is 0 Å². The van der Waals surface area contributed by atoms with Gasteiger partial charge in [-0.2, -0.15) is 0 Å². The Morgan fingerprint density at radius 3 is 2.27 bits per heavy atom. The van der Waals surface area contributed by atoms with Crippen LogP contribution >= 0.6 is 15.9 Å². The van der Waals surface area contributed by atoms with E-state index < -0.39 is 0 Å². The van der Waals surface area contributed by atoms with E-state index in [4.69, 9.17) is 4.98 Å². The number of hydrogen-bond donors (Lipinski definition) is 0. The zero-order valence-corrected chi connectivity index (χ0v) is 17.4. The number of nitrogens with zero attached hydrogens (tertiary/aromatic N) is 3. The van der Waals surface area contributed by atoms with E-state index in [-0.39, 0.29) is 0 Å². The molecule has 0 unspecified atom stereocenters. The van der Waals surface area contributed by atoms with Crippen molar-refractivity contribution in [3.63, 3.8) is 0 Å². The summed E-state index contributed by atoms with van der Waals surface area (Å²) < 4.78 is 3.09. The van der Waals surface area contributed by atoms with Gasteiger partial charge in [0, 0.05) is 28.0 Å². The lowest BCUT2D eigenvalue weighted by Gasteiger charge is -2.11. The molecule has 2 heterocycles. The van der Waals surface area contributed by atoms with Gasteiger partial charge in [0.1, 0.15) is 0 Å². The second kappa shape index (κ2) is 6.69. The fourth-order valence-electron chi connectivity index (χ4n) is 4.07. The van der Waals surface area contributed by atoms with Crippen LogP contribution in [0, 0.1) is 12.1 Å². The summed E-state index contributed by atoms with van der Waals surface area (Å²) in [4.78, 5) is 9.81. The third kappa shape index (κ3) is 2.53. The molecule has 6 rings (SSSR count). The lowest BCUT2D eigenvalue weighted by Crippen LogP contribution is -1.97. The SMILES string of the molecule is Brc1c#cc(-c2nc3c4cccnc4c4ccccc4c3n2-c2ccccc2)cc1. The fourth-order valence-corrected chi connectivity index (χ4v) is 4.30. The molecule has 0 aliphatic heterocycles. The number of benzene rings is 3. The van der Waals surface area contributed by atoms with Gasteiger partial charge >= 0.3 is 0 Å². The number of pyridine rings is 1. The standard InChI is InChI=1S/C26H14BrN3/c27-18-14-12-17(13-15-18)26-29-24-22-11-6-16-28-23(22)20-9-4-5-10-21(20)25(24)30(26)19-7-2-1-3-8-19/h1-12,14,16H. The summed E-state index contributed by atoms with van der Waals surface area (Å²) in [6.07, 6.45) is 1.84. The minimum absolute atomic E-state index is 0.835. The smallest absolute Gasteiger partial charge is 0.154 e. The number of fused-ring (bicyclic) bond motifs is 6. The first-order valence-corrected chi connectivity index (χ1v) is 10.4. The Kier molecular flexibility index (Phi) is 3.83. The van der Waals surface area contributed by atoms with Crippen molar-refractivity contribution in [2.45, 2.75) is 0 Å². The Morgan fingerprint density at radius 1 is 0.700 bits per heavy atom. The molecular formula is C26H14BrN3. The number of halogens is 1. The Hall–Kier alpha value is -3.68. The van der Waals surface area contributed by atoms with E-state index in [9.17, 15) is 0 Å². The zero-order valence-electron chi connectivity index (χ0n) is 15.8. The predicted octanol–water partition coefficient (Wildman–Crippen LogP) is 6.76. The van der Waals surface area contributed by atoms with Crippen LogP contribution in [0.5, 0.6) is 0 Å². The van der Waals surface area contributed by atoms with E-state index in [2.05, 4.69) is 80.1 Å². The van der Waals surface area contributed by atoms with E-state index in [1.807, 2.05) is 42.6 Å². The van der Waals surface area contributed by atoms with E-state index >= 15 is 0 Å². The molecule has 3 nitrogen and oxygen atoms in total. The van der Waals surface area contributed by atoms with Gasteiger partial charge in [0.05, 0.1) is 26.6 Å². The molecule has 0 N–H and O–H groups in total. The second-order valence-corrected chi connectivity index (χ2v) is 7.95. The van der Waals surface area contributed by atoms with Crippen molar-refractivity contribution in [2.24, 2.45) is 0 Å². The molecule has 140 valence electrons. The summed E-state index contributed by atoms with van der Waals surface area (Å²) in [5.41, 5.74) is 4.92. The van der Waals surface area contributed by atoms with Crippen LogP contribution in [0.2, 0.25) is 0 Å². The number of hydrogen-bond acceptors (Lipinski definition) is 2. The quantitative estimate of drug-likeness (QED) is 0.274. The molecule has 0 saturated heterocycles. The molecule has 30 heavy (non-hydrogen) atoms. The average molecular weight is 448 g/mol. The monoisotopic (exact) mass is 447 g/mol. The van der Waals surface area contributed by atoms with E-state index in [0.29, 0.717) is 0 Å². The van der Waals surface area contributed by atoms with E-state index in [1.165, 1.54) is 0 Å². The van der Waals surface area contributed by atoms with Crippen molar-refractivity contribution in [1.82, 2.24) is 14.5 Å². The van der Waals surface area contributed by atoms with Crippen LogP contribution in [0.4, 0.5) is 0 Å². The van der Waals surface area contributed by atoms with Crippen LogP contribution in [0.3, 0.4) is 0 Å². The molecule has 2 aromatic heterocycles. The first-order chi connectivity index (χ1) is 14.8. The predicted molar refractivity (Wildman–Crippen MR) is 125 cm³/mol. The van der Waals surface area contributed by atoms with Crippen LogP contribution in [-0.4, -0.2) is 14.5 Å². The zero-order chi connectivity index (χ0) is 20.1. The third-order valence-corrected chi connectivity index (χ3v) is 5.81. The summed E-state index contributed by atoms with van der Waals surface area (Å²) in [6.45, 7) is 0. The first-order valence-electron chi connectivity index (χ1n) is 9.64. The van der Waals surface area contributed by atoms with E-state index in [0.717, 1.165) is 54.3 Å². The molecule has 0 bridgehead atoms. The van der Waals surface area contributed by atoms with Crippen molar-refractivity contribution < 1.29 is 0 Å². The van der Waals surface area contributed by atoms with Gasteiger partial charge in [0.15, 0.2) is 5.82 Å². The lowest BCUT2D eigenvalue weighted by atomic mass is 10.0. The lowest BCUT2D eigenvalue weighted by molar-refractivity contribution is 1.11. The van der Waals surface area contributed by atoms with E-state index in [1.54, 1.807) is 0 Å². The molecule has 0 atom stereocenters. The number of aromatic nitrogens is 3. The molecule has 0 aliphatic carbocycles. The number of imidazole rings is 1. The summed E-state index contributed by atoms with van der Waals surface area (Å²) in [5, 5.41) is 3.29. The highest BCUT2D eigenvalue weighted by Crippen LogP contribution is 2.37. The van der Waals surface area contributed by atoms with Crippen LogP contribution in [0.25, 0.3) is 49.8 Å². The Bertz CT molecular complexity index is 1530. The third-order valence-electron chi connectivity index (χ3n) is 5.35. The largest absolute Gasteiger partial charge is 0.291 e. The van der Waals surface area contributed by atoms with Crippen LogP contribution in [0.15, 0.2) is 89.5 Å². The van der Waals surface area contributed by atoms with Crippen molar-refractivity contribution >= 4 is 48.6 Å². The van der Waals surface area contributed by atoms with Gasteiger partial charge in [-0.3, -0.25) is 9.55 Å². The molecule has 4 heteroatoms. The second-order valence-electron chi connectivity index (χ2n) is 7.09. The summed E-state index contributed by atoms with van der Waals surface area (Å²) in [5.74, 6) is 0.835. The van der Waals surface area contributed by atoms with Crippen molar-refractivity contribution in [3.8, 4) is 17.1 Å². The topological polar surface area (TPSA) is 30.7 Å². The molecule has 0 spiro atoms. The summed E-state index contributed by atoms with van der Waals surface area (Å²) in [6, 6.07) is 33.2. The molecule has 0 fully saturated rings. The van der Waals surface area contributed by atoms with Crippen molar-refractivity contribution in [2.75, 3.05) is 0 Å².